The Balaban J connectivity index is 2.28. The summed E-state index contributed by atoms with van der Waals surface area (Å²) in [6, 6.07) is 0.752. The van der Waals surface area contributed by atoms with E-state index in [1.54, 1.807) is 0 Å². The van der Waals surface area contributed by atoms with Crippen LogP contribution in [0.15, 0.2) is 0 Å². The Morgan fingerprint density at radius 3 is 2.36 bits per heavy atom. The number of hydrogen-bond acceptors (Lipinski definition) is 2. The summed E-state index contributed by atoms with van der Waals surface area (Å²) in [7, 11) is 2.13. The topological polar surface area (TPSA) is 12.0 Å². The minimum absolute atomic E-state index is 0.752. The summed E-state index contributed by atoms with van der Waals surface area (Å²) in [5, 5.41) is 4.28. The quantitative estimate of drug-likeness (QED) is 0.755. The Labute approximate surface area is 93.4 Å². The van der Waals surface area contributed by atoms with Crippen molar-refractivity contribution in [3.8, 4) is 0 Å². The highest BCUT2D eigenvalue weighted by Crippen LogP contribution is 2.28. The highest BCUT2D eigenvalue weighted by Gasteiger charge is 2.22. The van der Waals surface area contributed by atoms with Crippen LogP contribution in [0.5, 0.6) is 0 Å². The molecule has 2 heteroatoms. The molecular weight excluding hydrogens is 190 g/mol. The van der Waals surface area contributed by atoms with E-state index in [-0.39, 0.29) is 0 Å². The molecule has 0 amide bonds. The molecule has 0 heterocycles. The summed E-state index contributed by atoms with van der Waals surface area (Å²) in [4.78, 5) is 0. The van der Waals surface area contributed by atoms with E-state index in [4.69, 9.17) is 0 Å². The van der Waals surface area contributed by atoms with Crippen molar-refractivity contribution in [1.82, 2.24) is 5.32 Å². The summed E-state index contributed by atoms with van der Waals surface area (Å²) in [6.45, 7) is 4.58. The standard InChI is InChI=1S/C12H25NS/c1-10(2)14-9-12(13-3)11-7-5-4-6-8-11/h10-13H,4-9H2,1-3H3. The van der Waals surface area contributed by atoms with Gasteiger partial charge in [0.25, 0.3) is 0 Å². The first-order valence-corrected chi connectivity index (χ1v) is 7.07. The highest BCUT2D eigenvalue weighted by atomic mass is 32.2. The molecule has 1 nitrogen and oxygen atoms in total. The third-order valence-corrected chi connectivity index (χ3v) is 4.42. The molecule has 1 N–H and O–H groups in total. The zero-order valence-corrected chi connectivity index (χ0v) is 10.7. The van der Waals surface area contributed by atoms with E-state index in [0.717, 1.165) is 17.2 Å². The first-order valence-electron chi connectivity index (χ1n) is 6.03. The molecule has 0 bridgehead atoms. The predicted molar refractivity (Wildman–Crippen MR) is 67.0 cm³/mol. The van der Waals surface area contributed by atoms with Crippen LogP contribution in [-0.4, -0.2) is 24.1 Å². The van der Waals surface area contributed by atoms with Crippen molar-refractivity contribution in [1.29, 1.82) is 0 Å². The van der Waals surface area contributed by atoms with Gasteiger partial charge in [-0.15, -0.1) is 0 Å². The smallest absolute Gasteiger partial charge is 0.0183 e. The lowest BCUT2D eigenvalue weighted by atomic mass is 9.84. The van der Waals surface area contributed by atoms with Crippen LogP contribution >= 0.6 is 11.8 Å². The first kappa shape index (κ1) is 12.4. The molecule has 0 radical (unpaired) electrons. The van der Waals surface area contributed by atoms with Gasteiger partial charge in [-0.05, 0) is 31.1 Å². The zero-order valence-electron chi connectivity index (χ0n) is 9.88. The molecule has 1 aliphatic rings. The van der Waals surface area contributed by atoms with Gasteiger partial charge in [0.05, 0.1) is 0 Å². The van der Waals surface area contributed by atoms with Gasteiger partial charge in [-0.3, -0.25) is 0 Å². The van der Waals surface area contributed by atoms with Gasteiger partial charge < -0.3 is 5.32 Å². The van der Waals surface area contributed by atoms with Crippen molar-refractivity contribution in [2.45, 2.75) is 57.2 Å². The Hall–Kier alpha value is 0.310. The van der Waals surface area contributed by atoms with Crippen molar-refractivity contribution in [2.24, 2.45) is 5.92 Å². The molecule has 1 rings (SSSR count). The van der Waals surface area contributed by atoms with E-state index < -0.39 is 0 Å². The average Bonchev–Trinajstić information content (AvgIpc) is 2.20. The monoisotopic (exact) mass is 215 g/mol. The van der Waals surface area contributed by atoms with Gasteiger partial charge in [-0.25, -0.2) is 0 Å². The fourth-order valence-electron chi connectivity index (χ4n) is 2.29. The number of nitrogens with one attached hydrogen (secondary N) is 1. The molecule has 14 heavy (non-hydrogen) atoms. The third kappa shape index (κ3) is 4.22. The first-order chi connectivity index (χ1) is 6.74. The van der Waals surface area contributed by atoms with Crippen LogP contribution in [0, 0.1) is 5.92 Å². The molecular formula is C12H25NS. The summed E-state index contributed by atoms with van der Waals surface area (Å²) in [5.41, 5.74) is 0. The van der Waals surface area contributed by atoms with Crippen molar-refractivity contribution >= 4 is 11.8 Å². The maximum atomic E-state index is 3.51. The molecule has 0 spiro atoms. The number of thioether (sulfide) groups is 1. The zero-order chi connectivity index (χ0) is 10.4. The van der Waals surface area contributed by atoms with E-state index >= 15 is 0 Å². The lowest BCUT2D eigenvalue weighted by molar-refractivity contribution is 0.294. The minimum atomic E-state index is 0.752. The normalized spacial score (nSPS) is 21.4. The highest BCUT2D eigenvalue weighted by molar-refractivity contribution is 7.99. The van der Waals surface area contributed by atoms with Crippen molar-refractivity contribution < 1.29 is 0 Å². The molecule has 1 fully saturated rings. The average molecular weight is 215 g/mol. The number of rotatable bonds is 5. The van der Waals surface area contributed by atoms with Crippen molar-refractivity contribution in [3.63, 3.8) is 0 Å². The second kappa shape index (κ2) is 6.73. The van der Waals surface area contributed by atoms with Gasteiger partial charge in [-0.1, -0.05) is 33.1 Å². The number of hydrogen-bond donors (Lipinski definition) is 1. The molecule has 0 aliphatic heterocycles. The third-order valence-electron chi connectivity index (χ3n) is 3.20. The van der Waals surface area contributed by atoms with Gasteiger partial charge in [0.15, 0.2) is 0 Å². The molecule has 0 aromatic carbocycles. The SMILES string of the molecule is CNC(CSC(C)C)C1CCCCC1. The molecule has 1 unspecified atom stereocenters. The van der Waals surface area contributed by atoms with Gasteiger partial charge in [-0.2, -0.15) is 11.8 Å². The van der Waals surface area contributed by atoms with E-state index in [1.165, 1.54) is 37.9 Å². The van der Waals surface area contributed by atoms with Crippen molar-refractivity contribution in [3.05, 3.63) is 0 Å². The maximum absolute atomic E-state index is 3.51. The summed E-state index contributed by atoms with van der Waals surface area (Å²) in [5.74, 6) is 2.23. The molecule has 1 saturated carbocycles. The minimum Gasteiger partial charge on any atom is -0.316 e. The van der Waals surface area contributed by atoms with Crippen LogP contribution in [0.1, 0.15) is 46.0 Å². The Morgan fingerprint density at radius 1 is 1.21 bits per heavy atom. The van der Waals surface area contributed by atoms with E-state index in [1.807, 2.05) is 0 Å². The second-order valence-corrected chi connectivity index (χ2v) is 6.28. The van der Waals surface area contributed by atoms with Crippen LogP contribution in [-0.2, 0) is 0 Å². The Kier molecular flexibility index (Phi) is 5.95. The van der Waals surface area contributed by atoms with Gasteiger partial charge in [0, 0.05) is 11.8 Å². The Morgan fingerprint density at radius 2 is 1.86 bits per heavy atom. The van der Waals surface area contributed by atoms with Gasteiger partial charge in [0.2, 0.25) is 0 Å². The largest absolute Gasteiger partial charge is 0.316 e. The molecule has 1 aliphatic carbocycles. The molecule has 1 atom stereocenters. The fraction of sp³-hybridized carbons (Fsp3) is 1.00. The van der Waals surface area contributed by atoms with E-state index in [9.17, 15) is 0 Å². The summed E-state index contributed by atoms with van der Waals surface area (Å²) >= 11 is 2.10. The second-order valence-electron chi connectivity index (χ2n) is 4.68. The van der Waals surface area contributed by atoms with E-state index in [0.29, 0.717) is 0 Å². The van der Waals surface area contributed by atoms with Crippen LogP contribution in [0.25, 0.3) is 0 Å². The van der Waals surface area contributed by atoms with Crippen molar-refractivity contribution in [2.75, 3.05) is 12.8 Å². The van der Waals surface area contributed by atoms with Gasteiger partial charge in [0.1, 0.15) is 0 Å². The lowest BCUT2D eigenvalue weighted by Crippen LogP contribution is -2.37. The lowest BCUT2D eigenvalue weighted by Gasteiger charge is -2.30. The van der Waals surface area contributed by atoms with E-state index in [2.05, 4.69) is 38.0 Å². The van der Waals surface area contributed by atoms with Crippen LogP contribution in [0.4, 0.5) is 0 Å². The molecule has 0 aromatic heterocycles. The summed E-state index contributed by atoms with van der Waals surface area (Å²) in [6.07, 6.45) is 7.27. The molecule has 0 saturated heterocycles. The summed E-state index contributed by atoms with van der Waals surface area (Å²) < 4.78 is 0. The van der Waals surface area contributed by atoms with Crippen LogP contribution < -0.4 is 5.32 Å². The predicted octanol–water partition coefficient (Wildman–Crippen LogP) is 3.30. The van der Waals surface area contributed by atoms with Crippen LogP contribution in [0.2, 0.25) is 0 Å². The molecule has 84 valence electrons. The molecule has 0 aromatic rings. The maximum Gasteiger partial charge on any atom is 0.0183 e. The van der Waals surface area contributed by atoms with Crippen LogP contribution in [0.3, 0.4) is 0 Å². The van der Waals surface area contributed by atoms with Gasteiger partial charge >= 0.3 is 0 Å². The Bertz CT molecular complexity index is 141. The fourth-order valence-corrected chi connectivity index (χ4v) is 3.32.